The minimum Gasteiger partial charge on any atom is -0.463 e. The third kappa shape index (κ3) is 52.6. The Labute approximate surface area is 364 Å². The summed E-state index contributed by atoms with van der Waals surface area (Å²) in [6, 6.07) is 0. The molecule has 15 nitrogen and oxygen atoms in total. The Bertz CT molecular complexity index is 839. The van der Waals surface area contributed by atoms with Gasteiger partial charge in [0.05, 0.1) is 145 Å². The van der Waals surface area contributed by atoms with Crippen molar-refractivity contribution < 1.29 is 71.2 Å². The van der Waals surface area contributed by atoms with E-state index in [9.17, 15) is 9.59 Å². The van der Waals surface area contributed by atoms with Crippen molar-refractivity contribution in [3.63, 3.8) is 0 Å². The largest absolute Gasteiger partial charge is 0.463 e. The second-order valence-electron chi connectivity index (χ2n) is 14.3. The van der Waals surface area contributed by atoms with Gasteiger partial charge in [-0.05, 0) is 12.8 Å². The van der Waals surface area contributed by atoms with Crippen molar-refractivity contribution in [2.24, 2.45) is 0 Å². The molecule has 0 aliphatic heterocycles. The number of hydrogen-bond acceptors (Lipinski definition) is 15. The Morgan fingerprint density at radius 2 is 0.400 bits per heavy atom. The summed E-state index contributed by atoms with van der Waals surface area (Å²) in [5, 5.41) is 0. The predicted molar refractivity (Wildman–Crippen MR) is 231 cm³/mol. The van der Waals surface area contributed by atoms with Crippen molar-refractivity contribution in [1.29, 1.82) is 0 Å². The van der Waals surface area contributed by atoms with E-state index in [0.29, 0.717) is 158 Å². The van der Waals surface area contributed by atoms with Crippen LogP contribution < -0.4 is 0 Å². The molecule has 0 rings (SSSR count). The van der Waals surface area contributed by atoms with Crippen LogP contribution in [0.5, 0.6) is 0 Å². The summed E-state index contributed by atoms with van der Waals surface area (Å²) in [7, 11) is 0. The summed E-state index contributed by atoms with van der Waals surface area (Å²) in [6.07, 6.45) is 19.0. The molecule has 0 aromatic heterocycles. The average molecular weight is 869 g/mol. The van der Waals surface area contributed by atoms with Gasteiger partial charge in [-0.15, -0.1) is 0 Å². The van der Waals surface area contributed by atoms with Gasteiger partial charge in [-0.3, -0.25) is 9.59 Å². The third-order valence-electron chi connectivity index (χ3n) is 8.92. The van der Waals surface area contributed by atoms with Gasteiger partial charge in [0.25, 0.3) is 0 Å². The zero-order chi connectivity index (χ0) is 43.3. The normalized spacial score (nSPS) is 11.4. The minimum atomic E-state index is -0.146. The lowest BCUT2D eigenvalue weighted by molar-refractivity contribution is -0.146. The number of rotatable bonds is 53. The van der Waals surface area contributed by atoms with E-state index in [0.717, 1.165) is 25.7 Å². The van der Waals surface area contributed by atoms with Crippen molar-refractivity contribution in [3.05, 3.63) is 0 Å². The second-order valence-corrected chi connectivity index (χ2v) is 14.3. The van der Waals surface area contributed by atoms with Crippen LogP contribution in [0.4, 0.5) is 0 Å². The van der Waals surface area contributed by atoms with E-state index in [4.69, 9.17) is 61.6 Å². The first-order chi connectivity index (χ1) is 29.7. The Balaban J connectivity index is 3.13. The molecule has 358 valence electrons. The van der Waals surface area contributed by atoms with Gasteiger partial charge < -0.3 is 61.6 Å². The lowest BCUT2D eigenvalue weighted by atomic mass is 10.1. The number of hydrogen-bond donors (Lipinski definition) is 0. The molecule has 0 radical (unpaired) electrons. The highest BCUT2D eigenvalue weighted by atomic mass is 16.6. The molecule has 60 heavy (non-hydrogen) atoms. The maximum atomic E-state index is 11.8. The lowest BCUT2D eigenvalue weighted by Gasteiger charge is -2.09. The third-order valence-corrected chi connectivity index (χ3v) is 8.92. The standard InChI is InChI=1S/C45H88O15/c1-3-5-7-9-11-12-13-15-17-19-45(47)60-43-41-58-39-37-56-35-33-54-31-29-52-27-25-50-23-21-48-20-22-49-24-26-51-28-30-53-32-34-55-36-38-57-40-42-59-44(46)18-16-14-10-8-6-4-2/h3-43H2,1-2H3. The molecule has 0 aliphatic rings. The molecule has 0 aliphatic carbocycles. The number of carbonyl (C=O) groups is 2. The molecule has 0 atom stereocenters. The summed E-state index contributed by atoms with van der Waals surface area (Å²) < 4.78 is 70.8. The van der Waals surface area contributed by atoms with Crippen molar-refractivity contribution in [2.45, 2.75) is 123 Å². The van der Waals surface area contributed by atoms with Crippen LogP contribution in [0.3, 0.4) is 0 Å². The van der Waals surface area contributed by atoms with E-state index in [1.54, 1.807) is 0 Å². The van der Waals surface area contributed by atoms with Gasteiger partial charge >= 0.3 is 11.9 Å². The molecule has 0 unspecified atom stereocenters. The van der Waals surface area contributed by atoms with E-state index in [1.807, 2.05) is 0 Å². The van der Waals surface area contributed by atoms with Crippen LogP contribution in [0.15, 0.2) is 0 Å². The van der Waals surface area contributed by atoms with E-state index in [-0.39, 0.29) is 25.2 Å². The molecular formula is C45H88O15. The SMILES string of the molecule is CCCCCCCCCCCC(=O)OCCOCCOCCOCCOCCOCCOCCOCCOCCOCCOCCOCCOC(=O)CCCCCCCC. The van der Waals surface area contributed by atoms with E-state index >= 15 is 0 Å². The Morgan fingerprint density at radius 3 is 0.600 bits per heavy atom. The average Bonchev–Trinajstić information content (AvgIpc) is 3.25. The molecule has 0 heterocycles. The molecule has 0 aromatic rings. The number of ether oxygens (including phenoxy) is 13. The highest BCUT2D eigenvalue weighted by molar-refractivity contribution is 5.69. The smallest absolute Gasteiger partial charge is 0.305 e. The molecule has 0 fully saturated rings. The fourth-order valence-corrected chi connectivity index (χ4v) is 5.50. The highest BCUT2D eigenvalue weighted by Gasteiger charge is 2.04. The Kier molecular flexibility index (Phi) is 52.3. The maximum Gasteiger partial charge on any atom is 0.305 e. The van der Waals surface area contributed by atoms with Gasteiger partial charge in [-0.25, -0.2) is 0 Å². The number of esters is 2. The van der Waals surface area contributed by atoms with Crippen LogP contribution >= 0.6 is 0 Å². The van der Waals surface area contributed by atoms with Crippen LogP contribution in [-0.4, -0.2) is 171 Å². The fourth-order valence-electron chi connectivity index (χ4n) is 5.50. The summed E-state index contributed by atoms with van der Waals surface area (Å²) in [5.41, 5.74) is 0. The van der Waals surface area contributed by atoms with E-state index in [2.05, 4.69) is 13.8 Å². The molecule has 0 bridgehead atoms. The summed E-state index contributed by atoms with van der Waals surface area (Å²) in [4.78, 5) is 23.5. The molecule has 0 N–H and O–H groups in total. The van der Waals surface area contributed by atoms with E-state index < -0.39 is 0 Å². The summed E-state index contributed by atoms with van der Waals surface area (Å²) in [5.74, 6) is -0.286. The lowest BCUT2D eigenvalue weighted by Crippen LogP contribution is -2.16. The first-order valence-corrected chi connectivity index (χ1v) is 23.4. The van der Waals surface area contributed by atoms with Gasteiger partial charge in [-0.1, -0.05) is 97.3 Å². The number of unbranched alkanes of at least 4 members (excludes halogenated alkanes) is 13. The Morgan fingerprint density at radius 1 is 0.233 bits per heavy atom. The van der Waals surface area contributed by atoms with Crippen molar-refractivity contribution in [1.82, 2.24) is 0 Å². The van der Waals surface area contributed by atoms with Crippen molar-refractivity contribution in [3.8, 4) is 0 Å². The van der Waals surface area contributed by atoms with Gasteiger partial charge in [0, 0.05) is 12.8 Å². The van der Waals surface area contributed by atoms with Crippen molar-refractivity contribution in [2.75, 3.05) is 159 Å². The predicted octanol–water partition coefficient (Wildman–Crippen LogP) is 6.93. The highest BCUT2D eigenvalue weighted by Crippen LogP contribution is 2.11. The summed E-state index contributed by atoms with van der Waals surface area (Å²) in [6.45, 7) is 15.4. The molecule has 0 spiro atoms. The molecule has 0 aromatic carbocycles. The molecular weight excluding hydrogens is 780 g/mol. The zero-order valence-corrected chi connectivity index (χ0v) is 38.1. The topological polar surface area (TPSA) is 154 Å². The molecule has 0 amide bonds. The van der Waals surface area contributed by atoms with Crippen LogP contribution in [-0.2, 0) is 71.2 Å². The van der Waals surface area contributed by atoms with Gasteiger partial charge in [0.1, 0.15) is 13.2 Å². The molecule has 15 heteroatoms. The summed E-state index contributed by atoms with van der Waals surface area (Å²) >= 11 is 0. The zero-order valence-electron chi connectivity index (χ0n) is 38.1. The van der Waals surface area contributed by atoms with Crippen LogP contribution in [0.1, 0.15) is 123 Å². The first kappa shape index (κ1) is 58.5. The number of carbonyl (C=O) groups excluding carboxylic acids is 2. The molecule has 0 saturated heterocycles. The van der Waals surface area contributed by atoms with Crippen LogP contribution in [0.25, 0.3) is 0 Å². The second kappa shape index (κ2) is 53.6. The quantitative estimate of drug-likeness (QED) is 0.0458. The maximum absolute atomic E-state index is 11.8. The monoisotopic (exact) mass is 869 g/mol. The van der Waals surface area contributed by atoms with Crippen LogP contribution in [0, 0.1) is 0 Å². The van der Waals surface area contributed by atoms with Crippen LogP contribution in [0.2, 0.25) is 0 Å². The first-order valence-electron chi connectivity index (χ1n) is 23.4. The molecule has 0 saturated carbocycles. The van der Waals surface area contributed by atoms with Gasteiger partial charge in [-0.2, -0.15) is 0 Å². The minimum absolute atomic E-state index is 0.140. The van der Waals surface area contributed by atoms with Gasteiger partial charge in [0.15, 0.2) is 0 Å². The Hall–Kier alpha value is -1.50. The van der Waals surface area contributed by atoms with E-state index in [1.165, 1.54) is 70.6 Å². The van der Waals surface area contributed by atoms with Gasteiger partial charge in [0.2, 0.25) is 0 Å². The van der Waals surface area contributed by atoms with Crippen molar-refractivity contribution >= 4 is 11.9 Å². The fraction of sp³-hybridized carbons (Fsp3) is 0.956.